The second-order valence-corrected chi connectivity index (χ2v) is 2.44. The zero-order valence-electron chi connectivity index (χ0n) is 5.98. The van der Waals surface area contributed by atoms with E-state index >= 15 is 0 Å². The van der Waals surface area contributed by atoms with Gasteiger partial charge in [-0.05, 0) is 13.0 Å². The molecule has 0 rings (SSSR count). The summed E-state index contributed by atoms with van der Waals surface area (Å²) in [5.41, 5.74) is 5.33. The summed E-state index contributed by atoms with van der Waals surface area (Å²) in [6.45, 7) is 3.12. The Morgan fingerprint density at radius 3 is 2.62 bits per heavy atom. The van der Waals surface area contributed by atoms with Gasteiger partial charge < -0.3 is 5.73 Å². The van der Waals surface area contributed by atoms with Crippen LogP contribution in [0.1, 0.15) is 19.8 Å². The van der Waals surface area contributed by atoms with E-state index in [9.17, 15) is 0 Å². The highest BCUT2D eigenvalue weighted by molar-refractivity contribution is 6.08. The van der Waals surface area contributed by atoms with Crippen LogP contribution >= 0.6 is 0 Å². The zero-order valence-corrected chi connectivity index (χ0v) is 5.98. The Morgan fingerprint density at radius 2 is 2.25 bits per heavy atom. The first kappa shape index (κ1) is 8.02. The average Bonchev–Trinajstić information content (AvgIpc) is 1.83. The molecule has 0 amide bonds. The highest BCUT2D eigenvalue weighted by atomic mass is 14.5. The first-order valence-electron chi connectivity index (χ1n) is 3.51. The average molecular weight is 113 g/mol. The first-order valence-corrected chi connectivity index (χ1v) is 3.51. The van der Waals surface area contributed by atoms with E-state index in [1.54, 1.807) is 0 Å². The van der Waals surface area contributed by atoms with Crippen molar-refractivity contribution in [3.05, 3.63) is 0 Å². The number of rotatable bonds is 4. The molecule has 0 spiro atoms. The minimum Gasteiger partial charge on any atom is -0.330 e. The molecule has 1 atom stereocenters. The Kier molecular flexibility index (Phi) is 5.18. The van der Waals surface area contributed by atoms with Crippen molar-refractivity contribution in [1.82, 2.24) is 0 Å². The quantitative estimate of drug-likeness (QED) is 0.525. The van der Waals surface area contributed by atoms with E-state index in [0.29, 0.717) is 0 Å². The molecule has 0 aliphatic rings. The van der Waals surface area contributed by atoms with E-state index in [2.05, 4.69) is 14.8 Å². The molecule has 1 unspecified atom stereocenters. The van der Waals surface area contributed by atoms with Crippen LogP contribution in [0.5, 0.6) is 0 Å². The molecule has 0 aromatic rings. The van der Waals surface area contributed by atoms with Crippen molar-refractivity contribution in [2.45, 2.75) is 26.1 Å². The summed E-state index contributed by atoms with van der Waals surface area (Å²) in [6.07, 6.45) is 3.78. The fourth-order valence-electron chi connectivity index (χ4n) is 0.670. The van der Waals surface area contributed by atoms with Crippen molar-refractivity contribution in [2.75, 3.05) is 6.54 Å². The largest absolute Gasteiger partial charge is 0.330 e. The lowest BCUT2D eigenvalue weighted by molar-refractivity contribution is 0.561. The maximum Gasteiger partial charge on any atom is 0.101 e. The zero-order chi connectivity index (χ0) is 6.41. The van der Waals surface area contributed by atoms with E-state index in [4.69, 9.17) is 5.73 Å². The van der Waals surface area contributed by atoms with Crippen LogP contribution in [-0.4, -0.2) is 14.4 Å². The van der Waals surface area contributed by atoms with Crippen LogP contribution in [0, 0.1) is 5.92 Å². The minimum atomic E-state index is 0.852. The SMILES string of the molecule is BCC(C)CCCN. The van der Waals surface area contributed by atoms with E-state index in [-0.39, 0.29) is 0 Å². The second-order valence-electron chi connectivity index (χ2n) is 2.44. The molecule has 48 valence electrons. The van der Waals surface area contributed by atoms with Gasteiger partial charge in [0.1, 0.15) is 7.85 Å². The standard InChI is InChI=1S/C6H16BN/c1-6(5-7)3-2-4-8/h6H,2-5,7-8H2,1H3. The predicted octanol–water partition coefficient (Wildman–Crippen LogP) is 0.413. The molecule has 0 bridgehead atoms. The fraction of sp³-hybridized carbons (Fsp3) is 1.00. The van der Waals surface area contributed by atoms with Crippen LogP contribution in [0.4, 0.5) is 0 Å². The van der Waals surface area contributed by atoms with Crippen LogP contribution < -0.4 is 5.73 Å². The summed E-state index contributed by atoms with van der Waals surface area (Å²) in [5, 5.41) is 0. The van der Waals surface area contributed by atoms with Gasteiger partial charge in [0.05, 0.1) is 0 Å². The Hall–Kier alpha value is 0.0249. The molecule has 0 aromatic carbocycles. The molecule has 0 aromatic heterocycles. The third kappa shape index (κ3) is 4.19. The molecule has 0 aliphatic carbocycles. The molecule has 0 heterocycles. The molecule has 0 fully saturated rings. The van der Waals surface area contributed by atoms with Crippen LogP contribution in [0.3, 0.4) is 0 Å². The third-order valence-electron chi connectivity index (χ3n) is 1.60. The lowest BCUT2D eigenvalue weighted by atomic mass is 9.89. The van der Waals surface area contributed by atoms with Crippen molar-refractivity contribution in [3.63, 3.8) is 0 Å². The monoisotopic (exact) mass is 113 g/mol. The van der Waals surface area contributed by atoms with Gasteiger partial charge in [-0.15, -0.1) is 0 Å². The van der Waals surface area contributed by atoms with E-state index < -0.39 is 0 Å². The second kappa shape index (κ2) is 5.17. The number of nitrogens with two attached hydrogens (primary N) is 1. The van der Waals surface area contributed by atoms with Crippen molar-refractivity contribution in [3.8, 4) is 0 Å². The summed E-state index contributed by atoms with van der Waals surface area (Å²) < 4.78 is 0. The van der Waals surface area contributed by atoms with Gasteiger partial charge in [-0.2, -0.15) is 0 Å². The molecular formula is C6H16BN. The highest BCUT2D eigenvalue weighted by Crippen LogP contribution is 2.06. The summed E-state index contributed by atoms with van der Waals surface area (Å²) in [6, 6.07) is 0. The normalized spacial score (nSPS) is 13.8. The Labute approximate surface area is 53.1 Å². The van der Waals surface area contributed by atoms with Gasteiger partial charge in [0.2, 0.25) is 0 Å². The molecule has 8 heavy (non-hydrogen) atoms. The molecule has 1 nitrogen and oxygen atoms in total. The smallest absolute Gasteiger partial charge is 0.101 e. The fourth-order valence-corrected chi connectivity index (χ4v) is 0.670. The summed E-state index contributed by atoms with van der Waals surface area (Å²) in [7, 11) is 2.22. The topological polar surface area (TPSA) is 26.0 Å². The molecule has 0 radical (unpaired) electrons. The predicted molar refractivity (Wildman–Crippen MR) is 40.8 cm³/mol. The van der Waals surface area contributed by atoms with Gasteiger partial charge in [0.25, 0.3) is 0 Å². The Balaban J connectivity index is 2.86. The van der Waals surface area contributed by atoms with Crippen molar-refractivity contribution in [2.24, 2.45) is 11.7 Å². The van der Waals surface area contributed by atoms with Crippen LogP contribution in [0.2, 0.25) is 6.32 Å². The number of hydrogen-bond donors (Lipinski definition) is 1. The molecule has 2 heteroatoms. The van der Waals surface area contributed by atoms with E-state index in [0.717, 1.165) is 12.5 Å². The van der Waals surface area contributed by atoms with Gasteiger partial charge in [-0.1, -0.05) is 25.6 Å². The van der Waals surface area contributed by atoms with Crippen molar-refractivity contribution < 1.29 is 0 Å². The molecule has 0 saturated carbocycles. The maximum atomic E-state index is 5.33. The van der Waals surface area contributed by atoms with Gasteiger partial charge >= 0.3 is 0 Å². The third-order valence-corrected chi connectivity index (χ3v) is 1.60. The molecular weight excluding hydrogens is 96.9 g/mol. The first-order chi connectivity index (χ1) is 3.81. The van der Waals surface area contributed by atoms with Gasteiger partial charge in [-0.3, -0.25) is 0 Å². The molecule has 0 saturated heterocycles. The van der Waals surface area contributed by atoms with Crippen LogP contribution in [-0.2, 0) is 0 Å². The highest BCUT2D eigenvalue weighted by Gasteiger charge is 1.94. The minimum absolute atomic E-state index is 0.852. The van der Waals surface area contributed by atoms with Crippen LogP contribution in [0.15, 0.2) is 0 Å². The van der Waals surface area contributed by atoms with Crippen molar-refractivity contribution >= 4 is 7.85 Å². The van der Waals surface area contributed by atoms with Crippen LogP contribution in [0.25, 0.3) is 0 Å². The van der Waals surface area contributed by atoms with Crippen molar-refractivity contribution in [1.29, 1.82) is 0 Å². The van der Waals surface area contributed by atoms with Gasteiger partial charge in [-0.25, -0.2) is 0 Å². The summed E-state index contributed by atoms with van der Waals surface area (Å²) in [5.74, 6) is 0.874. The summed E-state index contributed by atoms with van der Waals surface area (Å²) >= 11 is 0. The van der Waals surface area contributed by atoms with Gasteiger partial charge in [0, 0.05) is 0 Å². The Morgan fingerprint density at radius 1 is 1.62 bits per heavy atom. The maximum absolute atomic E-state index is 5.33. The lowest BCUT2D eigenvalue weighted by Gasteiger charge is -2.04. The van der Waals surface area contributed by atoms with E-state index in [1.807, 2.05) is 0 Å². The number of hydrogen-bond acceptors (Lipinski definition) is 1. The summed E-state index contributed by atoms with van der Waals surface area (Å²) in [4.78, 5) is 0. The van der Waals surface area contributed by atoms with Gasteiger partial charge in [0.15, 0.2) is 0 Å². The van der Waals surface area contributed by atoms with E-state index in [1.165, 1.54) is 19.2 Å². The molecule has 0 aliphatic heterocycles. The lowest BCUT2D eigenvalue weighted by Crippen LogP contribution is -2.01. The Bertz CT molecular complexity index is 47.8. The molecule has 2 N–H and O–H groups in total.